The first-order chi connectivity index (χ1) is 10.9. The van der Waals surface area contributed by atoms with E-state index in [1.165, 1.54) is 0 Å². The lowest BCUT2D eigenvalue weighted by molar-refractivity contribution is -0.139. The van der Waals surface area contributed by atoms with Crippen LogP contribution in [0.25, 0.3) is 0 Å². The van der Waals surface area contributed by atoms with Crippen molar-refractivity contribution in [2.45, 2.75) is 32.2 Å². The van der Waals surface area contributed by atoms with Gasteiger partial charge in [0.1, 0.15) is 12.6 Å². The van der Waals surface area contributed by atoms with Crippen LogP contribution in [-0.4, -0.2) is 66.4 Å². The van der Waals surface area contributed by atoms with Gasteiger partial charge in [-0.2, -0.15) is 0 Å². The zero-order valence-corrected chi connectivity index (χ0v) is 13.0. The Labute approximate surface area is 133 Å². The van der Waals surface area contributed by atoms with Crippen molar-refractivity contribution in [3.8, 4) is 0 Å². The van der Waals surface area contributed by atoms with Crippen molar-refractivity contribution in [3.63, 3.8) is 0 Å². The van der Waals surface area contributed by atoms with Gasteiger partial charge in [0.05, 0.1) is 6.61 Å². The third-order valence-electron chi connectivity index (χ3n) is 2.58. The second kappa shape index (κ2) is 12.2. The molecule has 1 atom stereocenters. The minimum atomic E-state index is -1.31. The molecule has 0 rings (SSSR count). The average Bonchev–Trinajstić information content (AvgIpc) is 2.48. The molecular weight excluding hydrogens is 310 g/mol. The molecule has 0 saturated heterocycles. The van der Waals surface area contributed by atoms with E-state index in [4.69, 9.17) is 14.9 Å². The Bertz CT molecular complexity index is 414. The highest BCUT2D eigenvalue weighted by atomic mass is 16.5. The molecule has 132 valence electrons. The fourth-order valence-corrected chi connectivity index (χ4v) is 1.50. The van der Waals surface area contributed by atoms with Gasteiger partial charge >= 0.3 is 18.0 Å². The van der Waals surface area contributed by atoms with Crippen molar-refractivity contribution in [2.24, 2.45) is 0 Å². The third kappa shape index (κ3) is 11.9. The maximum absolute atomic E-state index is 11.5. The molecule has 0 fully saturated rings. The molecule has 5 N–H and O–H groups in total. The minimum Gasteiger partial charge on any atom is -0.480 e. The number of aliphatic carboxylic acids is 2. The molecule has 3 amide bonds. The van der Waals surface area contributed by atoms with Crippen molar-refractivity contribution < 1.29 is 34.1 Å². The van der Waals surface area contributed by atoms with Gasteiger partial charge in [-0.15, -0.1) is 0 Å². The number of urea groups is 1. The molecule has 0 aromatic rings. The summed E-state index contributed by atoms with van der Waals surface area (Å²) in [7, 11) is 0. The number of nitrogens with one attached hydrogen (secondary N) is 3. The molecule has 10 heteroatoms. The van der Waals surface area contributed by atoms with Crippen molar-refractivity contribution in [1.82, 2.24) is 16.0 Å². The number of amides is 3. The molecule has 0 radical (unpaired) electrons. The summed E-state index contributed by atoms with van der Waals surface area (Å²) in [6.07, 6.45) is 0.672. The molecule has 0 aromatic carbocycles. The van der Waals surface area contributed by atoms with E-state index in [-0.39, 0.29) is 18.7 Å². The van der Waals surface area contributed by atoms with Gasteiger partial charge < -0.3 is 30.9 Å². The maximum Gasteiger partial charge on any atom is 0.326 e. The Morgan fingerprint density at radius 3 is 2.35 bits per heavy atom. The predicted molar refractivity (Wildman–Crippen MR) is 78.9 cm³/mol. The van der Waals surface area contributed by atoms with Crippen molar-refractivity contribution in [2.75, 3.05) is 26.3 Å². The lowest BCUT2D eigenvalue weighted by atomic mass is 10.1. The summed E-state index contributed by atoms with van der Waals surface area (Å²) in [5.41, 5.74) is 0. The molecule has 0 unspecified atom stereocenters. The van der Waals surface area contributed by atoms with Gasteiger partial charge in [-0.05, 0) is 12.8 Å². The van der Waals surface area contributed by atoms with Crippen LogP contribution in [0.4, 0.5) is 4.79 Å². The van der Waals surface area contributed by atoms with Crippen LogP contribution in [0, 0.1) is 0 Å². The number of ether oxygens (including phenoxy) is 1. The summed E-state index contributed by atoms with van der Waals surface area (Å²) in [5, 5.41) is 24.0. The van der Waals surface area contributed by atoms with Crippen LogP contribution in [0.1, 0.15) is 26.2 Å². The Balaban J connectivity index is 4.03. The number of carboxylic acid groups (broad SMARTS) is 2. The van der Waals surface area contributed by atoms with Gasteiger partial charge in [-0.1, -0.05) is 6.92 Å². The van der Waals surface area contributed by atoms with E-state index in [0.717, 1.165) is 6.42 Å². The van der Waals surface area contributed by atoms with E-state index >= 15 is 0 Å². The first-order valence-electron chi connectivity index (χ1n) is 7.20. The molecule has 0 bridgehead atoms. The van der Waals surface area contributed by atoms with Crippen LogP contribution in [0.5, 0.6) is 0 Å². The quantitative estimate of drug-likeness (QED) is 0.291. The monoisotopic (exact) mass is 333 g/mol. The number of carboxylic acids is 2. The molecule has 23 heavy (non-hydrogen) atoms. The fourth-order valence-electron chi connectivity index (χ4n) is 1.50. The molecule has 0 aliphatic rings. The molecule has 10 nitrogen and oxygen atoms in total. The van der Waals surface area contributed by atoms with Crippen LogP contribution in [0.3, 0.4) is 0 Å². The normalized spacial score (nSPS) is 11.3. The highest BCUT2D eigenvalue weighted by molar-refractivity contribution is 5.85. The average molecular weight is 333 g/mol. The van der Waals surface area contributed by atoms with Crippen molar-refractivity contribution >= 4 is 23.9 Å². The van der Waals surface area contributed by atoms with E-state index in [0.29, 0.717) is 19.8 Å². The van der Waals surface area contributed by atoms with E-state index in [1.54, 1.807) is 0 Å². The second-order valence-electron chi connectivity index (χ2n) is 4.61. The Morgan fingerprint density at radius 1 is 1.09 bits per heavy atom. The Hall–Kier alpha value is -2.36. The van der Waals surface area contributed by atoms with E-state index in [1.807, 2.05) is 12.2 Å². The van der Waals surface area contributed by atoms with Gasteiger partial charge in [0.15, 0.2) is 0 Å². The molecule has 0 saturated carbocycles. The Kier molecular flexibility index (Phi) is 11.0. The summed E-state index contributed by atoms with van der Waals surface area (Å²) < 4.78 is 5.17. The SMILES string of the molecule is CCCOCCNC(=O)CC[C@H](NC(=O)NCC(=O)O)C(=O)O. The zero-order chi connectivity index (χ0) is 17.7. The van der Waals surface area contributed by atoms with Gasteiger partial charge in [0.25, 0.3) is 0 Å². The van der Waals surface area contributed by atoms with Crippen LogP contribution in [-0.2, 0) is 19.1 Å². The maximum atomic E-state index is 11.5. The minimum absolute atomic E-state index is 0.0933. The fraction of sp³-hybridized carbons (Fsp3) is 0.692. The molecular formula is C13H23N3O7. The molecule has 0 aliphatic heterocycles. The predicted octanol–water partition coefficient (Wildman–Crippen LogP) is -0.854. The highest BCUT2D eigenvalue weighted by Crippen LogP contribution is 1.98. The topological polar surface area (TPSA) is 154 Å². The summed E-state index contributed by atoms with van der Waals surface area (Å²) in [5.74, 6) is -2.92. The van der Waals surface area contributed by atoms with Crippen LogP contribution >= 0.6 is 0 Å². The molecule has 0 heterocycles. The third-order valence-corrected chi connectivity index (χ3v) is 2.58. The second-order valence-corrected chi connectivity index (χ2v) is 4.61. The number of hydrogen-bond donors (Lipinski definition) is 5. The van der Waals surface area contributed by atoms with Crippen LogP contribution < -0.4 is 16.0 Å². The van der Waals surface area contributed by atoms with Crippen LogP contribution in [0.15, 0.2) is 0 Å². The van der Waals surface area contributed by atoms with Gasteiger partial charge in [-0.25, -0.2) is 9.59 Å². The zero-order valence-electron chi connectivity index (χ0n) is 13.0. The number of hydrogen-bond acceptors (Lipinski definition) is 5. The van der Waals surface area contributed by atoms with E-state index in [2.05, 4.69) is 10.6 Å². The molecule has 0 aromatic heterocycles. The lowest BCUT2D eigenvalue weighted by Gasteiger charge is -2.14. The summed E-state index contributed by atoms with van der Waals surface area (Å²) in [6, 6.07) is -2.21. The highest BCUT2D eigenvalue weighted by Gasteiger charge is 2.21. The van der Waals surface area contributed by atoms with Gasteiger partial charge in [0.2, 0.25) is 5.91 Å². The smallest absolute Gasteiger partial charge is 0.326 e. The first kappa shape index (κ1) is 20.6. The molecule has 0 spiro atoms. The number of carbonyl (C=O) groups excluding carboxylic acids is 2. The van der Waals surface area contributed by atoms with Crippen molar-refractivity contribution in [3.05, 3.63) is 0 Å². The summed E-state index contributed by atoms with van der Waals surface area (Å²) in [4.78, 5) is 44.1. The lowest BCUT2D eigenvalue weighted by Crippen LogP contribution is -2.47. The largest absolute Gasteiger partial charge is 0.480 e. The molecule has 0 aliphatic carbocycles. The van der Waals surface area contributed by atoms with Crippen molar-refractivity contribution in [1.29, 1.82) is 0 Å². The Morgan fingerprint density at radius 2 is 1.78 bits per heavy atom. The van der Waals surface area contributed by atoms with Gasteiger partial charge in [-0.3, -0.25) is 9.59 Å². The summed E-state index contributed by atoms with van der Waals surface area (Å²) in [6.45, 7) is 2.63. The van der Waals surface area contributed by atoms with E-state index in [9.17, 15) is 19.2 Å². The number of carbonyl (C=O) groups is 4. The van der Waals surface area contributed by atoms with Crippen LogP contribution in [0.2, 0.25) is 0 Å². The first-order valence-corrected chi connectivity index (χ1v) is 7.20. The standard InChI is InChI=1S/C13H23N3O7/c1-2-6-23-7-5-14-10(17)4-3-9(12(20)21)16-13(22)15-8-11(18)19/h9H,2-8H2,1H3,(H,14,17)(H,18,19)(H,20,21)(H2,15,16,22)/t9-/m0/s1. The number of rotatable bonds is 12. The summed E-state index contributed by atoms with van der Waals surface area (Å²) >= 11 is 0. The van der Waals surface area contributed by atoms with Gasteiger partial charge in [0, 0.05) is 19.6 Å². The van der Waals surface area contributed by atoms with E-state index < -0.39 is 30.6 Å².